The Morgan fingerprint density at radius 1 is 1.25 bits per heavy atom. The fourth-order valence-electron chi connectivity index (χ4n) is 2.55. The average Bonchev–Trinajstić information content (AvgIpc) is 2.28. The molecule has 1 aliphatic carbocycles. The van der Waals surface area contributed by atoms with Crippen molar-refractivity contribution in [1.82, 2.24) is 0 Å². The summed E-state index contributed by atoms with van der Waals surface area (Å²) in [5, 5.41) is 9.96. The molecular weight excluding hydrogens is 200 g/mol. The minimum Gasteiger partial charge on any atom is -0.385 e. The maximum Gasteiger partial charge on any atom is 0.161 e. The fraction of sp³-hybridized carbons (Fsp3) is 0.929. The molecule has 1 saturated carbocycles. The molecule has 0 radical (unpaired) electrons. The third-order valence-electron chi connectivity index (χ3n) is 3.63. The van der Waals surface area contributed by atoms with Crippen LogP contribution in [0, 0.1) is 11.8 Å². The van der Waals surface area contributed by atoms with Crippen molar-refractivity contribution in [3.8, 4) is 0 Å². The van der Waals surface area contributed by atoms with Gasteiger partial charge in [0.2, 0.25) is 0 Å². The molecule has 0 aromatic carbocycles. The standard InChI is InChI=1S/C14H26O2/c1-11(2)7-6-10-13(15)14(16)12-8-4-3-5-9-12/h11-12,14,16H,3-10H2,1-2H3. The molecule has 1 rings (SSSR count). The summed E-state index contributed by atoms with van der Waals surface area (Å²) in [5.41, 5.74) is 0. The molecule has 0 spiro atoms. The lowest BCUT2D eigenvalue weighted by Crippen LogP contribution is -2.30. The molecule has 0 amide bonds. The molecule has 1 N–H and O–H groups in total. The van der Waals surface area contributed by atoms with Crippen LogP contribution in [-0.2, 0) is 4.79 Å². The third-order valence-corrected chi connectivity index (χ3v) is 3.63. The Kier molecular flexibility index (Phi) is 6.04. The third kappa shape index (κ3) is 4.65. The smallest absolute Gasteiger partial charge is 0.161 e. The van der Waals surface area contributed by atoms with Gasteiger partial charge in [-0.2, -0.15) is 0 Å². The summed E-state index contributed by atoms with van der Waals surface area (Å²) in [4.78, 5) is 11.8. The van der Waals surface area contributed by atoms with Crippen LogP contribution < -0.4 is 0 Å². The highest BCUT2D eigenvalue weighted by atomic mass is 16.3. The van der Waals surface area contributed by atoms with Crippen LogP contribution in [0.1, 0.15) is 65.2 Å². The van der Waals surface area contributed by atoms with E-state index in [1.54, 1.807) is 0 Å². The van der Waals surface area contributed by atoms with Gasteiger partial charge in [-0.05, 0) is 31.1 Å². The molecule has 0 aromatic heterocycles. The molecule has 2 nitrogen and oxygen atoms in total. The summed E-state index contributed by atoms with van der Waals surface area (Å²) in [5.74, 6) is 0.979. The lowest BCUT2D eigenvalue weighted by molar-refractivity contribution is -0.130. The molecule has 0 aromatic rings. The Morgan fingerprint density at radius 3 is 2.44 bits per heavy atom. The van der Waals surface area contributed by atoms with E-state index >= 15 is 0 Å². The molecule has 0 heterocycles. The van der Waals surface area contributed by atoms with Gasteiger partial charge in [-0.1, -0.05) is 39.5 Å². The summed E-state index contributed by atoms with van der Waals surface area (Å²) in [7, 11) is 0. The van der Waals surface area contributed by atoms with Crippen LogP contribution in [0.25, 0.3) is 0 Å². The number of rotatable bonds is 6. The maximum atomic E-state index is 11.8. The molecule has 1 aliphatic rings. The van der Waals surface area contributed by atoms with Crippen molar-refractivity contribution in [2.24, 2.45) is 11.8 Å². The number of ketones is 1. The molecule has 94 valence electrons. The minimum atomic E-state index is -0.674. The van der Waals surface area contributed by atoms with Gasteiger partial charge < -0.3 is 5.11 Å². The molecule has 1 unspecified atom stereocenters. The van der Waals surface area contributed by atoms with Gasteiger partial charge in [0.15, 0.2) is 5.78 Å². The van der Waals surface area contributed by atoms with Crippen LogP contribution in [-0.4, -0.2) is 17.0 Å². The molecule has 2 heteroatoms. The monoisotopic (exact) mass is 226 g/mol. The van der Waals surface area contributed by atoms with Gasteiger partial charge in [-0.15, -0.1) is 0 Å². The maximum absolute atomic E-state index is 11.8. The molecule has 0 saturated heterocycles. The predicted octanol–water partition coefficient (Wildman–Crippen LogP) is 3.32. The quantitative estimate of drug-likeness (QED) is 0.754. The Hall–Kier alpha value is -0.370. The lowest BCUT2D eigenvalue weighted by atomic mass is 9.83. The van der Waals surface area contributed by atoms with Crippen molar-refractivity contribution in [1.29, 1.82) is 0 Å². The van der Waals surface area contributed by atoms with E-state index in [0.717, 1.165) is 25.7 Å². The van der Waals surface area contributed by atoms with E-state index in [4.69, 9.17) is 0 Å². The highest BCUT2D eigenvalue weighted by molar-refractivity contribution is 5.83. The first-order valence-electron chi connectivity index (χ1n) is 6.82. The number of hydrogen-bond acceptors (Lipinski definition) is 2. The van der Waals surface area contributed by atoms with E-state index in [1.807, 2.05) is 0 Å². The van der Waals surface area contributed by atoms with Crippen LogP contribution in [0.2, 0.25) is 0 Å². The van der Waals surface area contributed by atoms with E-state index in [-0.39, 0.29) is 11.7 Å². The molecule has 0 bridgehead atoms. The van der Waals surface area contributed by atoms with Gasteiger partial charge >= 0.3 is 0 Å². The Labute approximate surface area is 99.4 Å². The predicted molar refractivity (Wildman–Crippen MR) is 66.3 cm³/mol. The van der Waals surface area contributed by atoms with Crippen molar-refractivity contribution in [3.05, 3.63) is 0 Å². The molecule has 16 heavy (non-hydrogen) atoms. The lowest BCUT2D eigenvalue weighted by Gasteiger charge is -2.25. The molecule has 1 atom stereocenters. The summed E-state index contributed by atoms with van der Waals surface area (Å²) in [6.45, 7) is 4.34. The summed E-state index contributed by atoms with van der Waals surface area (Å²) >= 11 is 0. The SMILES string of the molecule is CC(C)CCCC(=O)C(O)C1CCCCC1. The largest absolute Gasteiger partial charge is 0.385 e. The van der Waals surface area contributed by atoms with Crippen molar-refractivity contribution in [2.75, 3.05) is 0 Å². The Morgan fingerprint density at radius 2 is 1.88 bits per heavy atom. The van der Waals surface area contributed by atoms with Gasteiger partial charge in [-0.25, -0.2) is 0 Å². The second-order valence-corrected chi connectivity index (χ2v) is 5.60. The highest BCUT2D eigenvalue weighted by Crippen LogP contribution is 2.27. The van der Waals surface area contributed by atoms with Crippen LogP contribution in [0.5, 0.6) is 0 Å². The summed E-state index contributed by atoms with van der Waals surface area (Å²) < 4.78 is 0. The van der Waals surface area contributed by atoms with Gasteiger partial charge in [0.25, 0.3) is 0 Å². The molecular formula is C14H26O2. The van der Waals surface area contributed by atoms with E-state index < -0.39 is 6.10 Å². The summed E-state index contributed by atoms with van der Waals surface area (Å²) in [6, 6.07) is 0. The average molecular weight is 226 g/mol. The number of carbonyl (C=O) groups excluding carboxylic acids is 1. The van der Waals surface area contributed by atoms with Crippen molar-refractivity contribution >= 4 is 5.78 Å². The number of aliphatic hydroxyl groups is 1. The van der Waals surface area contributed by atoms with E-state index in [9.17, 15) is 9.90 Å². The van der Waals surface area contributed by atoms with Crippen LogP contribution in [0.15, 0.2) is 0 Å². The van der Waals surface area contributed by atoms with E-state index in [1.165, 1.54) is 19.3 Å². The second-order valence-electron chi connectivity index (χ2n) is 5.60. The topological polar surface area (TPSA) is 37.3 Å². The minimum absolute atomic E-state index is 0.0764. The Bertz CT molecular complexity index is 205. The van der Waals surface area contributed by atoms with Gasteiger partial charge in [0, 0.05) is 6.42 Å². The van der Waals surface area contributed by atoms with Gasteiger partial charge in [0.05, 0.1) is 0 Å². The van der Waals surface area contributed by atoms with Crippen LogP contribution in [0.4, 0.5) is 0 Å². The zero-order valence-electron chi connectivity index (χ0n) is 10.7. The first-order valence-corrected chi connectivity index (χ1v) is 6.82. The first kappa shape index (κ1) is 13.7. The number of hydrogen-bond donors (Lipinski definition) is 1. The van der Waals surface area contributed by atoms with E-state index in [2.05, 4.69) is 13.8 Å². The Balaban J connectivity index is 2.23. The zero-order valence-corrected chi connectivity index (χ0v) is 10.7. The number of carbonyl (C=O) groups is 1. The van der Waals surface area contributed by atoms with Crippen molar-refractivity contribution in [3.63, 3.8) is 0 Å². The van der Waals surface area contributed by atoms with E-state index in [0.29, 0.717) is 12.3 Å². The van der Waals surface area contributed by atoms with Crippen LogP contribution in [0.3, 0.4) is 0 Å². The van der Waals surface area contributed by atoms with Crippen molar-refractivity contribution < 1.29 is 9.90 Å². The van der Waals surface area contributed by atoms with Gasteiger partial charge in [-0.3, -0.25) is 4.79 Å². The fourth-order valence-corrected chi connectivity index (χ4v) is 2.55. The highest BCUT2D eigenvalue weighted by Gasteiger charge is 2.26. The first-order chi connectivity index (χ1) is 7.61. The number of Topliss-reactive ketones (excluding diaryl/α,β-unsaturated/α-hetero) is 1. The number of aliphatic hydroxyl groups excluding tert-OH is 1. The molecule has 1 fully saturated rings. The summed E-state index contributed by atoms with van der Waals surface area (Å²) in [6.07, 6.45) is 7.62. The van der Waals surface area contributed by atoms with Crippen molar-refractivity contribution in [2.45, 2.75) is 71.3 Å². The van der Waals surface area contributed by atoms with Gasteiger partial charge in [0.1, 0.15) is 6.10 Å². The molecule has 0 aliphatic heterocycles. The normalized spacial score (nSPS) is 20.0. The zero-order chi connectivity index (χ0) is 12.0. The van der Waals surface area contributed by atoms with Crippen LogP contribution >= 0.6 is 0 Å². The second kappa shape index (κ2) is 7.05.